The maximum atomic E-state index is 13.3. The molecule has 1 aromatic rings. The molecule has 18 heavy (non-hydrogen) atoms. The summed E-state index contributed by atoms with van der Waals surface area (Å²) < 4.78 is 13.3. The lowest BCUT2D eigenvalue weighted by atomic mass is 9.90. The highest BCUT2D eigenvalue weighted by Gasteiger charge is 2.24. The molecule has 0 atom stereocenters. The summed E-state index contributed by atoms with van der Waals surface area (Å²) in [6.45, 7) is 4.06. The largest absolute Gasteiger partial charge is 0.296 e. The highest BCUT2D eigenvalue weighted by atomic mass is 79.9. The van der Waals surface area contributed by atoms with Gasteiger partial charge in [0.25, 0.3) is 0 Å². The van der Waals surface area contributed by atoms with Gasteiger partial charge in [0, 0.05) is 17.9 Å². The normalized spacial score (nSPS) is 16.0. The summed E-state index contributed by atoms with van der Waals surface area (Å²) >= 11 is 3.49. The van der Waals surface area contributed by atoms with Crippen LogP contribution in [0.15, 0.2) is 18.2 Å². The van der Waals surface area contributed by atoms with Crippen molar-refractivity contribution < 1.29 is 4.39 Å². The van der Waals surface area contributed by atoms with Crippen molar-refractivity contribution in [3.05, 3.63) is 35.1 Å². The topological polar surface area (TPSA) is 3.24 Å². The van der Waals surface area contributed by atoms with Crippen molar-refractivity contribution in [1.29, 1.82) is 0 Å². The maximum Gasteiger partial charge on any atom is 0.123 e. The van der Waals surface area contributed by atoms with Gasteiger partial charge in [-0.15, -0.1) is 0 Å². The monoisotopic (exact) mass is 313 g/mol. The first-order chi connectivity index (χ1) is 8.70. The van der Waals surface area contributed by atoms with E-state index in [2.05, 4.69) is 27.8 Å². The molecule has 1 nitrogen and oxygen atoms in total. The lowest BCUT2D eigenvalue weighted by Gasteiger charge is -2.38. The number of benzene rings is 1. The Morgan fingerprint density at radius 2 is 2.17 bits per heavy atom. The first-order valence-electron chi connectivity index (χ1n) is 6.75. The third-order valence-corrected chi connectivity index (χ3v) is 4.42. The number of nitrogens with zero attached hydrogens (tertiary/aromatic N) is 1. The molecule has 0 aromatic heterocycles. The Labute approximate surface area is 118 Å². The molecule has 1 aliphatic rings. The second-order valence-corrected chi connectivity index (χ2v) is 5.96. The molecular formula is C15H21BrFN. The minimum atomic E-state index is -0.121. The first kappa shape index (κ1) is 14.0. The van der Waals surface area contributed by atoms with Crippen LogP contribution < -0.4 is 0 Å². The molecule has 2 rings (SSSR count). The van der Waals surface area contributed by atoms with Gasteiger partial charge < -0.3 is 0 Å². The zero-order valence-corrected chi connectivity index (χ0v) is 12.5. The molecule has 0 spiro atoms. The Kier molecular flexibility index (Phi) is 5.19. The molecule has 0 unspecified atom stereocenters. The quantitative estimate of drug-likeness (QED) is 0.709. The highest BCUT2D eigenvalue weighted by Crippen LogP contribution is 2.27. The van der Waals surface area contributed by atoms with Gasteiger partial charge in [0.05, 0.1) is 0 Å². The number of halogens is 2. The van der Waals surface area contributed by atoms with E-state index in [1.807, 2.05) is 6.07 Å². The third kappa shape index (κ3) is 3.55. The molecule has 0 radical (unpaired) electrons. The molecule has 1 aromatic carbocycles. The van der Waals surface area contributed by atoms with E-state index in [1.165, 1.54) is 24.8 Å². The van der Waals surface area contributed by atoms with Crippen LogP contribution in [0, 0.1) is 12.7 Å². The minimum absolute atomic E-state index is 0.121. The molecule has 1 aliphatic carbocycles. The van der Waals surface area contributed by atoms with Crippen LogP contribution in [0.1, 0.15) is 36.8 Å². The lowest BCUT2D eigenvalue weighted by molar-refractivity contribution is 0.120. The van der Waals surface area contributed by atoms with Gasteiger partial charge in [-0.25, -0.2) is 4.39 Å². The van der Waals surface area contributed by atoms with E-state index in [0.717, 1.165) is 30.4 Å². The van der Waals surface area contributed by atoms with Crippen molar-refractivity contribution in [3.8, 4) is 0 Å². The lowest BCUT2D eigenvalue weighted by Crippen LogP contribution is -2.40. The molecule has 0 amide bonds. The Balaban J connectivity index is 2.04. The molecule has 0 N–H and O–H groups in total. The Morgan fingerprint density at radius 1 is 1.39 bits per heavy atom. The van der Waals surface area contributed by atoms with E-state index >= 15 is 0 Å². The predicted octanol–water partition coefficient (Wildman–Crippen LogP) is 4.27. The van der Waals surface area contributed by atoms with Gasteiger partial charge in [-0.1, -0.05) is 28.4 Å². The molecular weight excluding hydrogens is 293 g/mol. The second-order valence-electron chi connectivity index (χ2n) is 5.17. The SMILES string of the molecule is Cc1ccc(F)cc1CN(CCCBr)C1CCC1. The summed E-state index contributed by atoms with van der Waals surface area (Å²) in [6.07, 6.45) is 5.11. The summed E-state index contributed by atoms with van der Waals surface area (Å²) in [5, 5.41) is 1.04. The number of rotatable bonds is 6. The molecule has 0 saturated heterocycles. The van der Waals surface area contributed by atoms with Crippen LogP contribution >= 0.6 is 15.9 Å². The average Bonchev–Trinajstić information content (AvgIpc) is 2.28. The van der Waals surface area contributed by atoms with Crippen molar-refractivity contribution in [2.24, 2.45) is 0 Å². The molecule has 3 heteroatoms. The van der Waals surface area contributed by atoms with E-state index in [-0.39, 0.29) is 5.82 Å². The van der Waals surface area contributed by atoms with Crippen molar-refractivity contribution in [1.82, 2.24) is 4.90 Å². The molecule has 100 valence electrons. The standard InChI is InChI=1S/C15H21BrFN/c1-12-6-7-14(17)10-13(12)11-18(9-3-8-16)15-4-2-5-15/h6-7,10,15H,2-5,8-9,11H2,1H3. The number of alkyl halides is 1. The van der Waals surface area contributed by atoms with Crippen LogP contribution in [-0.4, -0.2) is 22.8 Å². The summed E-state index contributed by atoms with van der Waals surface area (Å²) in [7, 11) is 0. The molecule has 0 aliphatic heterocycles. The van der Waals surface area contributed by atoms with Crippen LogP contribution in [0.4, 0.5) is 4.39 Å². The van der Waals surface area contributed by atoms with E-state index < -0.39 is 0 Å². The van der Waals surface area contributed by atoms with Crippen LogP contribution in [0.2, 0.25) is 0 Å². The summed E-state index contributed by atoms with van der Waals surface area (Å²) in [6, 6.07) is 5.83. The Bertz CT molecular complexity index is 390. The highest BCUT2D eigenvalue weighted by molar-refractivity contribution is 9.09. The average molecular weight is 314 g/mol. The summed E-state index contributed by atoms with van der Waals surface area (Å²) in [4.78, 5) is 2.52. The van der Waals surface area contributed by atoms with Gasteiger partial charge in [-0.05, 0) is 56.0 Å². The Morgan fingerprint density at radius 3 is 2.78 bits per heavy atom. The Hall–Kier alpha value is -0.410. The number of hydrogen-bond acceptors (Lipinski definition) is 1. The minimum Gasteiger partial charge on any atom is -0.296 e. The number of hydrogen-bond donors (Lipinski definition) is 0. The van der Waals surface area contributed by atoms with Crippen LogP contribution in [-0.2, 0) is 6.54 Å². The van der Waals surface area contributed by atoms with Crippen LogP contribution in [0.5, 0.6) is 0 Å². The van der Waals surface area contributed by atoms with Crippen molar-refractivity contribution in [2.75, 3.05) is 11.9 Å². The van der Waals surface area contributed by atoms with Crippen molar-refractivity contribution in [3.63, 3.8) is 0 Å². The predicted molar refractivity (Wildman–Crippen MR) is 77.6 cm³/mol. The molecule has 0 heterocycles. The van der Waals surface area contributed by atoms with E-state index in [4.69, 9.17) is 0 Å². The number of aryl methyl sites for hydroxylation is 1. The van der Waals surface area contributed by atoms with E-state index in [1.54, 1.807) is 12.1 Å². The van der Waals surface area contributed by atoms with E-state index in [0.29, 0.717) is 6.04 Å². The van der Waals surface area contributed by atoms with Gasteiger partial charge in [0.2, 0.25) is 0 Å². The third-order valence-electron chi connectivity index (χ3n) is 3.85. The van der Waals surface area contributed by atoms with Gasteiger partial charge >= 0.3 is 0 Å². The fourth-order valence-corrected chi connectivity index (χ4v) is 2.69. The van der Waals surface area contributed by atoms with Gasteiger partial charge in [-0.2, -0.15) is 0 Å². The van der Waals surface area contributed by atoms with Gasteiger partial charge in [0.15, 0.2) is 0 Å². The summed E-state index contributed by atoms with van der Waals surface area (Å²) in [5.41, 5.74) is 2.33. The van der Waals surface area contributed by atoms with Crippen molar-refractivity contribution in [2.45, 2.75) is 45.2 Å². The van der Waals surface area contributed by atoms with Crippen LogP contribution in [0.3, 0.4) is 0 Å². The van der Waals surface area contributed by atoms with Crippen molar-refractivity contribution >= 4 is 15.9 Å². The van der Waals surface area contributed by atoms with Gasteiger partial charge in [-0.3, -0.25) is 4.90 Å². The first-order valence-corrected chi connectivity index (χ1v) is 7.88. The zero-order valence-electron chi connectivity index (χ0n) is 11.0. The van der Waals surface area contributed by atoms with Gasteiger partial charge in [0.1, 0.15) is 5.82 Å². The fraction of sp³-hybridized carbons (Fsp3) is 0.600. The maximum absolute atomic E-state index is 13.3. The fourth-order valence-electron chi connectivity index (χ4n) is 2.43. The molecule has 0 bridgehead atoms. The molecule has 1 fully saturated rings. The van der Waals surface area contributed by atoms with Crippen LogP contribution in [0.25, 0.3) is 0 Å². The second kappa shape index (κ2) is 6.67. The smallest absolute Gasteiger partial charge is 0.123 e. The molecule has 1 saturated carbocycles. The zero-order chi connectivity index (χ0) is 13.0. The summed E-state index contributed by atoms with van der Waals surface area (Å²) in [5.74, 6) is -0.121. The van der Waals surface area contributed by atoms with E-state index in [9.17, 15) is 4.39 Å².